The van der Waals surface area contributed by atoms with Gasteiger partial charge in [0.15, 0.2) is 5.84 Å². The van der Waals surface area contributed by atoms with Gasteiger partial charge in [0.05, 0.1) is 6.33 Å². The number of unbranched alkanes of at least 4 members (excludes halogenated alkanes) is 1. The number of rotatable bonds is 8. The van der Waals surface area contributed by atoms with Crippen molar-refractivity contribution in [3.8, 4) is 0 Å². The molecule has 128 valence electrons. The van der Waals surface area contributed by atoms with E-state index in [4.69, 9.17) is 0 Å². The molecule has 0 bridgehead atoms. The van der Waals surface area contributed by atoms with Crippen LogP contribution in [0.3, 0.4) is 0 Å². The van der Waals surface area contributed by atoms with E-state index in [9.17, 15) is 10.1 Å². The van der Waals surface area contributed by atoms with Crippen LogP contribution >= 0.6 is 0 Å². The number of aliphatic imine (C=N–C) groups is 1. The minimum absolute atomic E-state index is 0.197. The van der Waals surface area contributed by atoms with Gasteiger partial charge in [0, 0.05) is 35.9 Å². The summed E-state index contributed by atoms with van der Waals surface area (Å²) < 4.78 is 2.11. The molecule has 1 N–H and O–H groups in total. The predicted octanol–water partition coefficient (Wildman–Crippen LogP) is 2.57. The first kappa shape index (κ1) is 17.4. The zero-order valence-electron chi connectivity index (χ0n) is 13.9. The molecule has 1 saturated carbocycles. The Morgan fingerprint density at radius 2 is 2.22 bits per heavy atom. The Labute approximate surface area is 137 Å². The molecule has 1 aliphatic rings. The summed E-state index contributed by atoms with van der Waals surface area (Å²) in [4.78, 5) is 19.0. The average Bonchev–Trinajstić information content (AvgIpc) is 2.92. The maximum atomic E-state index is 10.8. The summed E-state index contributed by atoms with van der Waals surface area (Å²) in [7, 11) is 0. The molecule has 0 aromatic carbocycles. The van der Waals surface area contributed by atoms with Crippen LogP contribution in [0.15, 0.2) is 17.5 Å². The topological polar surface area (TPSA) is 85.3 Å². The average molecular weight is 321 g/mol. The van der Waals surface area contributed by atoms with E-state index in [-0.39, 0.29) is 11.5 Å². The highest BCUT2D eigenvalue weighted by Gasteiger charge is 2.17. The second kappa shape index (κ2) is 9.27. The van der Waals surface area contributed by atoms with Gasteiger partial charge in [0.25, 0.3) is 6.54 Å². The lowest BCUT2D eigenvalue weighted by molar-refractivity contribution is -0.463. The highest BCUT2D eigenvalue weighted by Crippen LogP contribution is 2.17. The number of amidine groups is 1. The maximum absolute atomic E-state index is 10.8. The van der Waals surface area contributed by atoms with Gasteiger partial charge in [-0.2, -0.15) is 0 Å². The lowest BCUT2D eigenvalue weighted by atomic mass is 9.95. The van der Waals surface area contributed by atoms with Gasteiger partial charge in [-0.25, -0.2) is 4.98 Å². The van der Waals surface area contributed by atoms with Crippen LogP contribution in [-0.2, 0) is 6.54 Å². The van der Waals surface area contributed by atoms with E-state index in [0.717, 1.165) is 37.9 Å². The van der Waals surface area contributed by atoms with Crippen molar-refractivity contribution in [3.05, 3.63) is 28.3 Å². The zero-order valence-corrected chi connectivity index (χ0v) is 13.9. The van der Waals surface area contributed by atoms with Crippen LogP contribution in [0.4, 0.5) is 0 Å². The van der Waals surface area contributed by atoms with Gasteiger partial charge in [0.1, 0.15) is 0 Å². The Bertz CT molecular complexity index is 520. The van der Waals surface area contributed by atoms with E-state index in [1.807, 2.05) is 19.4 Å². The lowest BCUT2D eigenvalue weighted by Gasteiger charge is -2.23. The number of hydrogen-bond donors (Lipinski definition) is 1. The van der Waals surface area contributed by atoms with E-state index < -0.39 is 0 Å². The van der Waals surface area contributed by atoms with Crippen molar-refractivity contribution in [3.63, 3.8) is 0 Å². The molecule has 23 heavy (non-hydrogen) atoms. The van der Waals surface area contributed by atoms with Gasteiger partial charge in [-0.15, -0.1) is 0 Å². The second-order valence-corrected chi connectivity index (χ2v) is 6.23. The first-order valence-corrected chi connectivity index (χ1v) is 8.53. The summed E-state index contributed by atoms with van der Waals surface area (Å²) in [6, 6.07) is 0.357. The van der Waals surface area contributed by atoms with Crippen LogP contribution in [0, 0.1) is 17.0 Å². The summed E-state index contributed by atoms with van der Waals surface area (Å²) >= 11 is 0. The third-order valence-electron chi connectivity index (χ3n) is 4.29. The summed E-state index contributed by atoms with van der Waals surface area (Å²) in [6.07, 6.45) is 11.5. The number of nitrogens with zero attached hydrogens (tertiary/aromatic N) is 4. The SMILES string of the molecule is Cc1cncn1CCCCN=C(C[N+](=O)[O-])NC1CCCCC1. The van der Waals surface area contributed by atoms with Gasteiger partial charge in [-0.3, -0.25) is 15.1 Å². The van der Waals surface area contributed by atoms with Gasteiger partial charge >= 0.3 is 0 Å². The largest absolute Gasteiger partial charge is 0.366 e. The Hall–Kier alpha value is -1.92. The smallest absolute Gasteiger partial charge is 0.259 e. The van der Waals surface area contributed by atoms with E-state index in [1.54, 1.807) is 0 Å². The van der Waals surface area contributed by atoms with E-state index in [1.165, 1.54) is 19.3 Å². The van der Waals surface area contributed by atoms with Crippen molar-refractivity contribution < 1.29 is 4.92 Å². The first-order valence-electron chi connectivity index (χ1n) is 8.53. The summed E-state index contributed by atoms with van der Waals surface area (Å²) in [6.45, 7) is 3.39. The Morgan fingerprint density at radius 1 is 1.43 bits per heavy atom. The number of imidazole rings is 1. The van der Waals surface area contributed by atoms with Crippen molar-refractivity contribution in [2.24, 2.45) is 4.99 Å². The molecule has 7 nitrogen and oxygen atoms in total. The Balaban J connectivity index is 1.74. The molecule has 0 radical (unpaired) electrons. The standard InChI is InChI=1S/C16H27N5O2/c1-14-11-17-13-20(14)10-6-5-9-18-16(12-21(22)23)19-15-7-3-2-4-8-15/h11,13,15H,2-10,12H2,1H3,(H,18,19). The molecule has 0 aliphatic heterocycles. The van der Waals surface area contributed by atoms with Gasteiger partial charge in [0.2, 0.25) is 0 Å². The van der Waals surface area contributed by atoms with Crippen LogP contribution in [0.2, 0.25) is 0 Å². The monoisotopic (exact) mass is 321 g/mol. The van der Waals surface area contributed by atoms with E-state index >= 15 is 0 Å². The fourth-order valence-corrected chi connectivity index (χ4v) is 2.98. The number of hydrogen-bond acceptors (Lipinski definition) is 4. The highest BCUT2D eigenvalue weighted by molar-refractivity contribution is 5.83. The number of aryl methyl sites for hydroxylation is 2. The number of nitrogens with one attached hydrogen (secondary N) is 1. The van der Waals surface area contributed by atoms with Crippen molar-refractivity contribution in [1.29, 1.82) is 0 Å². The molecule has 0 saturated heterocycles. The lowest BCUT2D eigenvalue weighted by Crippen LogP contribution is -2.39. The van der Waals surface area contributed by atoms with Crippen molar-refractivity contribution >= 4 is 5.84 Å². The molecular formula is C16H27N5O2. The second-order valence-electron chi connectivity index (χ2n) is 6.23. The van der Waals surface area contributed by atoms with Crippen LogP contribution in [-0.4, -0.2) is 39.4 Å². The Kier molecular flexibility index (Phi) is 7.03. The normalized spacial score (nSPS) is 16.5. The molecular weight excluding hydrogens is 294 g/mol. The van der Waals surface area contributed by atoms with Gasteiger partial charge in [-0.1, -0.05) is 19.3 Å². The van der Waals surface area contributed by atoms with Crippen LogP contribution < -0.4 is 5.32 Å². The fraction of sp³-hybridized carbons (Fsp3) is 0.750. The molecule has 0 spiro atoms. The molecule has 0 atom stereocenters. The molecule has 1 aromatic rings. The molecule has 0 unspecified atom stereocenters. The third-order valence-corrected chi connectivity index (χ3v) is 4.29. The van der Waals surface area contributed by atoms with Crippen molar-refractivity contribution in [2.75, 3.05) is 13.1 Å². The van der Waals surface area contributed by atoms with Gasteiger partial charge < -0.3 is 9.88 Å². The Morgan fingerprint density at radius 3 is 2.87 bits per heavy atom. The van der Waals surface area contributed by atoms with Gasteiger partial charge in [-0.05, 0) is 32.6 Å². The van der Waals surface area contributed by atoms with Crippen molar-refractivity contribution in [1.82, 2.24) is 14.9 Å². The minimum Gasteiger partial charge on any atom is -0.366 e. The summed E-state index contributed by atoms with van der Waals surface area (Å²) in [5, 5.41) is 14.1. The van der Waals surface area contributed by atoms with Crippen molar-refractivity contribution in [2.45, 2.75) is 64.5 Å². The minimum atomic E-state index is -0.302. The van der Waals surface area contributed by atoms with Crippen LogP contribution in [0.5, 0.6) is 0 Å². The quantitative estimate of drug-likeness (QED) is 0.262. The molecule has 0 amide bonds. The van der Waals surface area contributed by atoms with Crippen LogP contribution in [0.1, 0.15) is 50.6 Å². The van der Waals surface area contributed by atoms with E-state index in [2.05, 4.69) is 19.9 Å². The molecule has 1 fully saturated rings. The van der Waals surface area contributed by atoms with E-state index in [0.29, 0.717) is 18.4 Å². The predicted molar refractivity (Wildman–Crippen MR) is 90.4 cm³/mol. The maximum Gasteiger partial charge on any atom is 0.259 e. The molecule has 2 rings (SSSR count). The molecule has 1 aliphatic carbocycles. The summed E-state index contributed by atoms with van der Waals surface area (Å²) in [5.41, 5.74) is 1.15. The zero-order chi connectivity index (χ0) is 16.5. The highest BCUT2D eigenvalue weighted by atomic mass is 16.6. The summed E-state index contributed by atoms with van der Waals surface area (Å²) in [5.74, 6) is 0.542. The third kappa shape index (κ3) is 6.38. The fourth-order valence-electron chi connectivity index (χ4n) is 2.98. The van der Waals surface area contributed by atoms with Crippen LogP contribution in [0.25, 0.3) is 0 Å². The first-order chi connectivity index (χ1) is 11.1. The number of aromatic nitrogens is 2. The molecule has 7 heteroatoms. The molecule has 1 aromatic heterocycles. The number of nitro groups is 1. The molecule has 1 heterocycles.